The number of ether oxygens (including phenoxy) is 2. The summed E-state index contributed by atoms with van der Waals surface area (Å²) in [5.74, 6) is -0.798. The zero-order chi connectivity index (χ0) is 43.6. The molecular formula is C44H51N7O7S3. The monoisotopic (exact) mass is 885 g/mol. The van der Waals surface area contributed by atoms with Gasteiger partial charge in [0.25, 0.3) is 5.91 Å². The maximum atomic E-state index is 15.0. The van der Waals surface area contributed by atoms with Crippen LogP contribution in [0.4, 0.5) is 5.13 Å². The normalized spacial score (nSPS) is 22.0. The molecule has 3 aromatic heterocycles. The molecular weight excluding hydrogens is 835 g/mol. The molecule has 3 aliphatic rings. The average molecular weight is 886 g/mol. The van der Waals surface area contributed by atoms with E-state index in [9.17, 15) is 22.8 Å². The molecule has 0 unspecified atom stereocenters. The maximum absolute atomic E-state index is 15.0. The Morgan fingerprint density at radius 2 is 1.74 bits per heavy atom. The molecule has 3 amide bonds. The van der Waals surface area contributed by atoms with Crippen LogP contribution in [0.15, 0.2) is 61.2 Å². The second kappa shape index (κ2) is 16.0. The Bertz CT molecular complexity index is 2630. The summed E-state index contributed by atoms with van der Waals surface area (Å²) in [6, 6.07) is 13.6. The summed E-state index contributed by atoms with van der Waals surface area (Å²) in [5, 5.41) is 7.15. The number of aromatic nitrogens is 3. The van der Waals surface area contributed by atoms with Crippen LogP contribution >= 0.6 is 22.7 Å². The van der Waals surface area contributed by atoms with Crippen LogP contribution in [0.1, 0.15) is 70.9 Å². The first-order chi connectivity index (χ1) is 28.9. The average Bonchev–Trinajstić information content (AvgIpc) is 4.07. The van der Waals surface area contributed by atoms with Crippen LogP contribution in [0.25, 0.3) is 31.7 Å². The molecule has 3 N–H and O–H groups in total. The Balaban J connectivity index is 1.15. The fourth-order valence-electron chi connectivity index (χ4n) is 7.75. The zero-order valence-electron chi connectivity index (χ0n) is 35.3. The van der Waals surface area contributed by atoms with Gasteiger partial charge in [0, 0.05) is 32.9 Å². The summed E-state index contributed by atoms with van der Waals surface area (Å²) in [4.78, 5) is 60.5. The Hall–Kier alpha value is -5.13. The number of sulfonamides is 1. The summed E-state index contributed by atoms with van der Waals surface area (Å²) in [6.45, 7) is 17.5. The third-order valence-electron chi connectivity index (χ3n) is 11.5. The van der Waals surface area contributed by atoms with Crippen molar-refractivity contribution >= 4 is 75.9 Å². The molecule has 0 spiro atoms. The van der Waals surface area contributed by atoms with Crippen molar-refractivity contribution in [1.29, 1.82) is 0 Å². The Morgan fingerprint density at radius 3 is 2.36 bits per heavy atom. The van der Waals surface area contributed by atoms with Crippen LogP contribution < -0.4 is 24.8 Å². The molecule has 0 bridgehead atoms. The molecule has 2 saturated carbocycles. The maximum Gasteiger partial charge on any atom is 0.259 e. The molecule has 5 aromatic rings. The van der Waals surface area contributed by atoms with Gasteiger partial charge in [0.15, 0.2) is 11.0 Å². The van der Waals surface area contributed by atoms with E-state index in [-0.39, 0.29) is 31.4 Å². The highest BCUT2D eigenvalue weighted by Crippen LogP contribution is 2.46. The first kappa shape index (κ1) is 42.6. The van der Waals surface area contributed by atoms with Crippen molar-refractivity contribution in [3.8, 4) is 23.0 Å². The van der Waals surface area contributed by atoms with Crippen molar-refractivity contribution < 1.29 is 32.3 Å². The van der Waals surface area contributed by atoms with Gasteiger partial charge in [0.1, 0.15) is 34.2 Å². The van der Waals surface area contributed by atoms with E-state index in [4.69, 9.17) is 19.4 Å². The lowest BCUT2D eigenvalue weighted by atomic mass is 9.85. The van der Waals surface area contributed by atoms with Crippen molar-refractivity contribution in [3.05, 3.63) is 71.8 Å². The summed E-state index contributed by atoms with van der Waals surface area (Å²) < 4.78 is 42.3. The minimum Gasteiger partial charge on any atom is -0.491 e. The summed E-state index contributed by atoms with van der Waals surface area (Å²) >= 11 is 2.94. The highest BCUT2D eigenvalue weighted by atomic mass is 32.2. The van der Waals surface area contributed by atoms with Gasteiger partial charge in [0.05, 0.1) is 29.1 Å². The molecule has 1 saturated heterocycles. The van der Waals surface area contributed by atoms with Crippen molar-refractivity contribution in [1.82, 2.24) is 29.9 Å². The van der Waals surface area contributed by atoms with E-state index in [2.05, 4.69) is 26.9 Å². The smallest absolute Gasteiger partial charge is 0.259 e. The third-order valence-corrected chi connectivity index (χ3v) is 15.4. The molecule has 1 aliphatic heterocycles. The number of carbonyl (C=O) groups is 3. The number of carbonyl (C=O) groups excluding carboxylic acids is 3. The molecule has 8 rings (SSSR count). The van der Waals surface area contributed by atoms with Crippen LogP contribution in [0.5, 0.6) is 11.6 Å². The highest BCUT2D eigenvalue weighted by Gasteiger charge is 2.62. The largest absolute Gasteiger partial charge is 0.491 e. The van der Waals surface area contributed by atoms with Crippen LogP contribution in [0.2, 0.25) is 0 Å². The van der Waals surface area contributed by atoms with E-state index in [0.717, 1.165) is 36.7 Å². The van der Waals surface area contributed by atoms with Crippen LogP contribution in [-0.2, 0) is 24.4 Å². The molecule has 4 heterocycles. The van der Waals surface area contributed by atoms with Gasteiger partial charge in [-0.3, -0.25) is 19.1 Å². The Morgan fingerprint density at radius 1 is 1.02 bits per heavy atom. The fourth-order valence-corrected chi connectivity index (χ4v) is 11.0. The van der Waals surface area contributed by atoms with Crippen molar-refractivity contribution in [2.24, 2.45) is 11.3 Å². The quantitative estimate of drug-likeness (QED) is 0.0986. The number of hydrogen-bond donors (Lipinski definition) is 3. The topological polar surface area (TPSA) is 182 Å². The summed E-state index contributed by atoms with van der Waals surface area (Å²) in [6.07, 6.45) is 2.01. The van der Waals surface area contributed by atoms with Crippen molar-refractivity contribution in [3.63, 3.8) is 0 Å². The predicted octanol–water partition coefficient (Wildman–Crippen LogP) is 6.92. The van der Waals surface area contributed by atoms with Gasteiger partial charge in [-0.25, -0.2) is 18.4 Å². The molecule has 17 heteroatoms. The molecule has 2 aromatic carbocycles. The van der Waals surface area contributed by atoms with Gasteiger partial charge < -0.3 is 25.0 Å². The van der Waals surface area contributed by atoms with E-state index < -0.39 is 62.1 Å². The number of anilines is 1. The second-order valence-electron chi connectivity index (χ2n) is 17.6. The SMILES string of the molecule is C=C[C@@H]1C[C@]1(NC(=O)[C@@H]1C[C@@H](Oc2nc(-c3ccc(OC(C)C)cc3)nc3c2sc2ccccc23)CN1C(=O)[C@@H](Nc1nc(C)c(C)s1)C(C)(C)C)C(=O)NS(=O)(=O)C1CC1. The number of rotatable bonds is 14. The number of benzene rings is 2. The van der Waals surface area contributed by atoms with Gasteiger partial charge in [-0.05, 0) is 82.7 Å². The van der Waals surface area contributed by atoms with Crippen LogP contribution in [0.3, 0.4) is 0 Å². The zero-order valence-corrected chi connectivity index (χ0v) is 37.7. The van der Waals surface area contributed by atoms with Gasteiger partial charge in [0.2, 0.25) is 27.7 Å². The molecule has 322 valence electrons. The molecule has 61 heavy (non-hydrogen) atoms. The molecule has 14 nitrogen and oxygen atoms in total. The number of nitrogens with one attached hydrogen (secondary N) is 3. The number of amides is 3. The molecule has 3 fully saturated rings. The first-order valence-electron chi connectivity index (χ1n) is 20.5. The molecule has 5 atom stereocenters. The van der Waals surface area contributed by atoms with Gasteiger partial charge in [-0.1, -0.05) is 45.0 Å². The predicted molar refractivity (Wildman–Crippen MR) is 238 cm³/mol. The van der Waals surface area contributed by atoms with Gasteiger partial charge in [-0.2, -0.15) is 4.98 Å². The lowest BCUT2D eigenvalue weighted by Crippen LogP contribution is -2.58. The number of aryl methyl sites for hydroxylation is 2. The summed E-state index contributed by atoms with van der Waals surface area (Å²) in [7, 11) is -3.90. The number of nitrogens with zero attached hydrogens (tertiary/aromatic N) is 4. The van der Waals surface area contributed by atoms with E-state index in [1.807, 2.05) is 97.0 Å². The first-order valence-corrected chi connectivity index (χ1v) is 23.7. The number of hydrogen-bond acceptors (Lipinski definition) is 13. The van der Waals surface area contributed by atoms with E-state index in [0.29, 0.717) is 35.2 Å². The minimum absolute atomic E-state index is 0.00783. The number of thiazole rings is 1. The van der Waals surface area contributed by atoms with E-state index in [1.165, 1.54) is 27.6 Å². The van der Waals surface area contributed by atoms with Crippen LogP contribution in [0, 0.1) is 25.2 Å². The second-order valence-corrected chi connectivity index (χ2v) is 21.8. The minimum atomic E-state index is -3.90. The van der Waals surface area contributed by atoms with Crippen LogP contribution in [-0.4, -0.2) is 87.6 Å². The number of thiophene rings is 1. The van der Waals surface area contributed by atoms with E-state index >= 15 is 0 Å². The Kier molecular flexibility index (Phi) is 11.1. The standard InChI is InChI=1S/C44H51N7O7S3/c1-9-27-21-44(27,41(54)50-61(55,56)30-18-19-30)49-38(52)32-20-29(22-51(32)40(53)36(43(6,7)8)47-42-45-24(4)25(5)59-42)58-39-35-34(31-12-10-11-13-33(31)60-35)46-37(48-39)26-14-16-28(17-15-26)57-23(2)3/h9-17,23,27,29-30,32,36H,1,18-22H2,2-8H3,(H,45,47)(H,49,52)(H,50,54)/t27-,29-,32+,36-,44-/m1/s1. The lowest BCUT2D eigenvalue weighted by molar-refractivity contribution is -0.141. The van der Waals surface area contributed by atoms with Gasteiger partial charge in [-0.15, -0.1) is 29.3 Å². The lowest BCUT2D eigenvalue weighted by Gasteiger charge is -2.35. The molecule has 2 aliphatic carbocycles. The third kappa shape index (κ3) is 8.56. The van der Waals surface area contributed by atoms with Gasteiger partial charge >= 0.3 is 0 Å². The summed E-state index contributed by atoms with van der Waals surface area (Å²) in [5.41, 5.74) is 0.150. The van der Waals surface area contributed by atoms with Crippen molar-refractivity contribution in [2.75, 3.05) is 11.9 Å². The van der Waals surface area contributed by atoms with Crippen molar-refractivity contribution in [2.45, 2.75) is 109 Å². The number of fused-ring (bicyclic) bond motifs is 3. The number of likely N-dealkylation sites (tertiary alicyclic amines) is 1. The fraction of sp³-hybridized carbons (Fsp3) is 0.455. The Labute approximate surface area is 363 Å². The van der Waals surface area contributed by atoms with E-state index in [1.54, 1.807) is 6.08 Å². The highest BCUT2D eigenvalue weighted by molar-refractivity contribution is 7.91. The molecule has 0 radical (unpaired) electrons.